The fraction of sp³-hybridized carbons (Fsp3) is 0.0625. The van der Waals surface area contributed by atoms with E-state index in [1.165, 1.54) is 10.8 Å². The van der Waals surface area contributed by atoms with Crippen LogP contribution < -0.4 is 0 Å². The third-order valence-electron chi connectivity index (χ3n) is 3.20. The van der Waals surface area contributed by atoms with Gasteiger partial charge >= 0.3 is 0 Å². The van der Waals surface area contributed by atoms with E-state index in [9.17, 15) is 0 Å². The molecule has 0 atom stereocenters. The van der Waals surface area contributed by atoms with Crippen molar-refractivity contribution in [2.45, 2.75) is 6.92 Å². The van der Waals surface area contributed by atoms with Crippen molar-refractivity contribution in [3.63, 3.8) is 0 Å². The summed E-state index contributed by atoms with van der Waals surface area (Å²) in [6.07, 6.45) is 0. The van der Waals surface area contributed by atoms with Gasteiger partial charge in [-0.2, -0.15) is 5.26 Å². The molecule has 0 bridgehead atoms. The second-order valence-corrected chi connectivity index (χ2v) is 4.40. The lowest BCUT2D eigenvalue weighted by Crippen LogP contribution is -1.79. The molecule has 1 aromatic heterocycles. The van der Waals surface area contributed by atoms with Gasteiger partial charge in [0.25, 0.3) is 0 Å². The first-order chi connectivity index (χ1) is 8.78. The molecule has 2 aromatic carbocycles. The Kier molecular flexibility index (Phi) is 2.39. The van der Waals surface area contributed by atoms with E-state index < -0.39 is 0 Å². The van der Waals surface area contributed by atoms with E-state index >= 15 is 0 Å². The summed E-state index contributed by atoms with van der Waals surface area (Å²) in [5.41, 5.74) is 3.73. The van der Waals surface area contributed by atoms with Gasteiger partial charge in [-0.1, -0.05) is 36.4 Å². The van der Waals surface area contributed by atoms with Crippen molar-refractivity contribution >= 4 is 10.8 Å². The fourth-order valence-electron chi connectivity index (χ4n) is 2.19. The summed E-state index contributed by atoms with van der Waals surface area (Å²) in [5.74, 6) is 0. The maximum Gasteiger partial charge on any atom is 0.101 e. The van der Waals surface area contributed by atoms with Gasteiger partial charge in [-0.05, 0) is 35.4 Å². The Bertz CT molecular complexity index is 760. The highest BCUT2D eigenvalue weighted by atomic mass is 14.7. The lowest BCUT2D eigenvalue weighted by Gasteiger charge is -2.01. The predicted molar refractivity (Wildman–Crippen MR) is 73.2 cm³/mol. The average molecular weight is 232 g/mol. The van der Waals surface area contributed by atoms with Crippen LogP contribution in [0.25, 0.3) is 22.0 Å². The maximum absolute atomic E-state index is 8.98. The van der Waals surface area contributed by atoms with Crippen molar-refractivity contribution in [2.24, 2.45) is 0 Å². The van der Waals surface area contributed by atoms with Gasteiger partial charge in [0.2, 0.25) is 0 Å². The van der Waals surface area contributed by atoms with E-state index in [4.69, 9.17) is 5.26 Å². The van der Waals surface area contributed by atoms with E-state index in [1.54, 1.807) is 0 Å². The largest absolute Gasteiger partial charge is 0.358 e. The zero-order chi connectivity index (χ0) is 12.5. The molecule has 0 aliphatic heterocycles. The van der Waals surface area contributed by atoms with Gasteiger partial charge in [0.15, 0.2) is 0 Å². The molecule has 3 aromatic rings. The number of H-pyrrole nitrogens is 1. The first kappa shape index (κ1) is 10.6. The molecular formula is C16H12N2. The number of nitriles is 1. The van der Waals surface area contributed by atoms with Crippen molar-refractivity contribution in [2.75, 3.05) is 0 Å². The fourth-order valence-corrected chi connectivity index (χ4v) is 2.19. The molecule has 1 N–H and O–H groups in total. The Balaban J connectivity index is 2.16. The zero-order valence-corrected chi connectivity index (χ0v) is 10.1. The molecule has 0 unspecified atom stereocenters. The van der Waals surface area contributed by atoms with Gasteiger partial charge < -0.3 is 4.98 Å². The van der Waals surface area contributed by atoms with Gasteiger partial charge in [-0.3, -0.25) is 0 Å². The Morgan fingerprint density at radius 3 is 2.50 bits per heavy atom. The average Bonchev–Trinajstić information content (AvgIpc) is 2.79. The number of hydrogen-bond acceptors (Lipinski definition) is 1. The Morgan fingerprint density at radius 1 is 1.00 bits per heavy atom. The highest BCUT2D eigenvalue weighted by Gasteiger charge is 2.06. The zero-order valence-electron chi connectivity index (χ0n) is 10.1. The summed E-state index contributed by atoms with van der Waals surface area (Å²) >= 11 is 0. The standard InChI is InChI=1S/C16H12N2/c1-11-15(10-17)9-16(18-11)14-7-6-12-4-2-3-5-13(12)8-14/h2-9,18H,1H3. The Labute approximate surface area is 106 Å². The number of fused-ring (bicyclic) bond motifs is 1. The summed E-state index contributed by atoms with van der Waals surface area (Å²) in [7, 11) is 0. The highest BCUT2D eigenvalue weighted by molar-refractivity contribution is 5.87. The van der Waals surface area contributed by atoms with Crippen LogP contribution in [0.1, 0.15) is 11.3 Å². The molecule has 0 amide bonds. The van der Waals surface area contributed by atoms with Crippen molar-refractivity contribution in [1.82, 2.24) is 4.98 Å². The lowest BCUT2D eigenvalue weighted by molar-refractivity contribution is 1.25. The molecule has 2 nitrogen and oxygen atoms in total. The summed E-state index contributed by atoms with van der Waals surface area (Å²) in [6, 6.07) is 18.7. The maximum atomic E-state index is 8.98. The van der Waals surface area contributed by atoms with Gasteiger partial charge in [-0.25, -0.2) is 0 Å². The molecule has 0 saturated carbocycles. The minimum atomic E-state index is 0.707. The molecule has 0 fully saturated rings. The van der Waals surface area contributed by atoms with Crippen LogP contribution in [0, 0.1) is 18.3 Å². The normalized spacial score (nSPS) is 10.4. The molecule has 0 aliphatic carbocycles. The van der Waals surface area contributed by atoms with E-state index in [0.29, 0.717) is 5.56 Å². The van der Waals surface area contributed by atoms with Gasteiger partial charge in [0.05, 0.1) is 5.56 Å². The second-order valence-electron chi connectivity index (χ2n) is 4.40. The van der Waals surface area contributed by atoms with E-state index in [2.05, 4.69) is 41.4 Å². The molecular weight excluding hydrogens is 220 g/mol. The Morgan fingerprint density at radius 2 is 1.78 bits per heavy atom. The minimum absolute atomic E-state index is 0.707. The molecule has 1 heterocycles. The molecule has 18 heavy (non-hydrogen) atoms. The minimum Gasteiger partial charge on any atom is -0.358 e. The number of hydrogen-bond donors (Lipinski definition) is 1. The van der Waals surface area contributed by atoms with Gasteiger partial charge in [-0.15, -0.1) is 0 Å². The monoisotopic (exact) mass is 232 g/mol. The third-order valence-corrected chi connectivity index (χ3v) is 3.20. The first-order valence-corrected chi connectivity index (χ1v) is 5.87. The summed E-state index contributed by atoms with van der Waals surface area (Å²) < 4.78 is 0. The van der Waals surface area contributed by atoms with E-state index in [-0.39, 0.29) is 0 Å². The molecule has 2 heteroatoms. The van der Waals surface area contributed by atoms with Crippen LogP contribution in [-0.2, 0) is 0 Å². The third kappa shape index (κ3) is 1.66. The van der Waals surface area contributed by atoms with Crippen LogP contribution in [0.4, 0.5) is 0 Å². The van der Waals surface area contributed by atoms with Crippen molar-refractivity contribution < 1.29 is 0 Å². The lowest BCUT2D eigenvalue weighted by atomic mass is 10.1. The second kappa shape index (κ2) is 4.05. The first-order valence-electron chi connectivity index (χ1n) is 5.87. The predicted octanol–water partition coefficient (Wildman–Crippen LogP) is 4.02. The van der Waals surface area contributed by atoms with Gasteiger partial charge in [0, 0.05) is 11.4 Å². The number of aromatic nitrogens is 1. The highest BCUT2D eigenvalue weighted by Crippen LogP contribution is 2.25. The summed E-state index contributed by atoms with van der Waals surface area (Å²) in [5, 5.41) is 11.4. The summed E-state index contributed by atoms with van der Waals surface area (Å²) in [6.45, 7) is 1.92. The van der Waals surface area contributed by atoms with E-state index in [0.717, 1.165) is 17.0 Å². The van der Waals surface area contributed by atoms with Gasteiger partial charge in [0.1, 0.15) is 6.07 Å². The molecule has 0 spiro atoms. The van der Waals surface area contributed by atoms with Crippen molar-refractivity contribution in [3.8, 4) is 17.3 Å². The molecule has 0 radical (unpaired) electrons. The molecule has 0 aliphatic rings. The topological polar surface area (TPSA) is 39.6 Å². The number of nitrogens with zero attached hydrogens (tertiary/aromatic N) is 1. The van der Waals surface area contributed by atoms with E-state index in [1.807, 2.05) is 25.1 Å². The number of aromatic amines is 1. The molecule has 86 valence electrons. The summed E-state index contributed by atoms with van der Waals surface area (Å²) in [4.78, 5) is 3.25. The number of nitrogens with one attached hydrogen (secondary N) is 1. The molecule has 0 saturated heterocycles. The number of rotatable bonds is 1. The number of benzene rings is 2. The quantitative estimate of drug-likeness (QED) is 0.676. The van der Waals surface area contributed by atoms with Crippen molar-refractivity contribution in [1.29, 1.82) is 5.26 Å². The van der Waals surface area contributed by atoms with Crippen LogP contribution in [0.2, 0.25) is 0 Å². The SMILES string of the molecule is Cc1[nH]c(-c2ccc3ccccc3c2)cc1C#N. The molecule has 3 rings (SSSR count). The number of aryl methyl sites for hydroxylation is 1. The van der Waals surface area contributed by atoms with Crippen LogP contribution in [0.15, 0.2) is 48.5 Å². The van der Waals surface area contributed by atoms with Crippen LogP contribution in [0.5, 0.6) is 0 Å². The Hall–Kier alpha value is -2.53. The smallest absolute Gasteiger partial charge is 0.101 e. The van der Waals surface area contributed by atoms with Crippen LogP contribution in [0.3, 0.4) is 0 Å². The van der Waals surface area contributed by atoms with Crippen LogP contribution in [-0.4, -0.2) is 4.98 Å². The van der Waals surface area contributed by atoms with Crippen LogP contribution >= 0.6 is 0 Å². The van der Waals surface area contributed by atoms with Crippen molar-refractivity contribution in [3.05, 3.63) is 59.8 Å².